The average molecular weight is 488 g/mol. The van der Waals surface area contributed by atoms with E-state index in [-0.39, 0.29) is 27.7 Å². The summed E-state index contributed by atoms with van der Waals surface area (Å²) in [6, 6.07) is -0.788. The predicted octanol–water partition coefficient (Wildman–Crippen LogP) is -0.935. The van der Waals surface area contributed by atoms with Crippen LogP contribution in [0.25, 0.3) is 0 Å². The first-order valence-electron chi connectivity index (χ1n) is 8.71. The van der Waals surface area contributed by atoms with Gasteiger partial charge in [0.2, 0.25) is 15.5 Å². The number of nitrogens with one attached hydrogen (secondary N) is 1. The third-order valence-corrected chi connectivity index (χ3v) is 9.53. The van der Waals surface area contributed by atoms with Crippen LogP contribution >= 0.6 is 47.0 Å². The average Bonchev–Trinajstić information content (AvgIpc) is 3.31. The molecule has 2 amide bonds. The highest BCUT2D eigenvalue weighted by Crippen LogP contribution is 2.41. The lowest BCUT2D eigenvalue weighted by atomic mass is 10.0. The Balaban J connectivity index is 1.41. The van der Waals surface area contributed by atoms with E-state index >= 15 is 0 Å². The third kappa shape index (κ3) is 4.20. The molecule has 15 heteroatoms. The van der Waals surface area contributed by atoms with Gasteiger partial charge in [-0.1, -0.05) is 35.3 Å². The van der Waals surface area contributed by atoms with E-state index in [9.17, 15) is 24.3 Å². The maximum atomic E-state index is 12.6. The summed E-state index contributed by atoms with van der Waals surface area (Å²) in [5, 5.41) is 25.5. The second kappa shape index (κ2) is 8.80. The van der Waals surface area contributed by atoms with E-state index in [1.807, 2.05) is 0 Å². The van der Waals surface area contributed by atoms with E-state index in [1.54, 1.807) is 7.05 Å². The Morgan fingerprint density at radius 1 is 1.37 bits per heavy atom. The molecular formula is C15H15N6O5S4-. The van der Waals surface area contributed by atoms with Gasteiger partial charge in [-0.3, -0.25) is 19.3 Å². The first-order chi connectivity index (χ1) is 14.3. The molecule has 4 heterocycles. The molecule has 3 unspecified atom stereocenters. The molecule has 11 nitrogen and oxygen atoms in total. The van der Waals surface area contributed by atoms with Crippen molar-refractivity contribution in [2.24, 2.45) is 7.05 Å². The number of aromatic nitrogens is 4. The van der Waals surface area contributed by atoms with Crippen molar-refractivity contribution in [3.63, 3.8) is 0 Å². The van der Waals surface area contributed by atoms with Gasteiger partial charge in [-0.05, 0) is 16.0 Å². The molecule has 160 valence electrons. The number of carbonyl (C=O) groups is 4. The molecule has 4 rings (SSSR count). The lowest BCUT2D eigenvalue weighted by Gasteiger charge is -2.50. The van der Waals surface area contributed by atoms with E-state index in [2.05, 4.69) is 20.8 Å². The van der Waals surface area contributed by atoms with E-state index in [0.29, 0.717) is 28.0 Å². The number of carboxylic acid groups (broad SMARTS) is 1. The summed E-state index contributed by atoms with van der Waals surface area (Å²) in [6.07, 6.45) is 0.140. The fourth-order valence-corrected chi connectivity index (χ4v) is 7.83. The SMILES string of the molecule is Cn1nnnc1SCC1=C(C(=O)[O-])N2C(=O)C(NC(=O)CC3CSC(=O)S3)C2SC1. The number of carboxylic acids is 1. The summed E-state index contributed by atoms with van der Waals surface area (Å²) in [5.74, 6) is -0.986. The van der Waals surface area contributed by atoms with E-state index in [4.69, 9.17) is 0 Å². The van der Waals surface area contributed by atoms with E-state index in [0.717, 1.165) is 11.8 Å². The van der Waals surface area contributed by atoms with Crippen LogP contribution in [-0.4, -0.2) is 81.3 Å². The van der Waals surface area contributed by atoms with Crippen LogP contribution in [0.3, 0.4) is 0 Å². The van der Waals surface area contributed by atoms with E-state index < -0.39 is 23.3 Å². The minimum atomic E-state index is -1.43. The number of thioether (sulfide) groups is 4. The van der Waals surface area contributed by atoms with Gasteiger partial charge in [-0.15, -0.1) is 16.9 Å². The quantitative estimate of drug-likeness (QED) is 0.373. The van der Waals surface area contributed by atoms with Gasteiger partial charge in [0.05, 0.1) is 11.7 Å². The van der Waals surface area contributed by atoms with Crippen molar-refractivity contribution in [3.05, 3.63) is 11.3 Å². The highest BCUT2D eigenvalue weighted by atomic mass is 32.2. The molecule has 3 atom stereocenters. The van der Waals surface area contributed by atoms with Crippen LogP contribution in [0.1, 0.15) is 6.42 Å². The molecule has 0 spiro atoms. The van der Waals surface area contributed by atoms with Gasteiger partial charge < -0.3 is 15.2 Å². The van der Waals surface area contributed by atoms with Crippen LogP contribution in [0, 0.1) is 0 Å². The number of aryl methyl sites for hydroxylation is 1. The second-order valence-electron chi connectivity index (χ2n) is 6.57. The van der Waals surface area contributed by atoms with Gasteiger partial charge in [0.15, 0.2) is 0 Å². The highest BCUT2D eigenvalue weighted by Gasteiger charge is 2.52. The molecular weight excluding hydrogens is 472 g/mol. The molecule has 2 fully saturated rings. The maximum Gasteiger partial charge on any atom is 0.253 e. The summed E-state index contributed by atoms with van der Waals surface area (Å²) < 4.78 is 1.46. The van der Waals surface area contributed by atoms with Crippen LogP contribution < -0.4 is 10.4 Å². The number of β-lactam (4-membered cyclic amide) rings is 1. The molecule has 0 aromatic carbocycles. The molecule has 0 saturated carbocycles. The van der Waals surface area contributed by atoms with E-state index in [1.165, 1.54) is 44.9 Å². The van der Waals surface area contributed by atoms with Crippen LogP contribution in [0.5, 0.6) is 0 Å². The minimum Gasteiger partial charge on any atom is -0.543 e. The molecule has 30 heavy (non-hydrogen) atoms. The second-order valence-corrected chi connectivity index (χ2v) is 11.1. The van der Waals surface area contributed by atoms with Crippen molar-refractivity contribution >= 4 is 69.3 Å². The summed E-state index contributed by atoms with van der Waals surface area (Å²) in [7, 11) is 1.67. The van der Waals surface area contributed by atoms with Crippen LogP contribution in [-0.2, 0) is 21.4 Å². The maximum absolute atomic E-state index is 12.6. The van der Waals surface area contributed by atoms with Gasteiger partial charge in [0.25, 0.3) is 5.91 Å². The number of nitrogens with zero attached hydrogens (tertiary/aromatic N) is 5. The molecule has 1 aromatic rings. The predicted molar refractivity (Wildman–Crippen MR) is 110 cm³/mol. The van der Waals surface area contributed by atoms with Gasteiger partial charge in [-0.25, -0.2) is 4.68 Å². The lowest BCUT2D eigenvalue weighted by Crippen LogP contribution is -2.71. The number of fused-ring (bicyclic) bond motifs is 1. The van der Waals surface area contributed by atoms with Crippen LogP contribution in [0.2, 0.25) is 0 Å². The number of aliphatic carboxylic acids is 1. The molecule has 2 saturated heterocycles. The molecule has 1 aromatic heterocycles. The molecule has 3 aliphatic heterocycles. The number of hydrogen-bond donors (Lipinski definition) is 1. The molecule has 0 aliphatic carbocycles. The smallest absolute Gasteiger partial charge is 0.253 e. The number of carbonyl (C=O) groups excluding carboxylic acids is 4. The molecule has 3 aliphatic rings. The zero-order valence-electron chi connectivity index (χ0n) is 15.5. The minimum absolute atomic E-state index is 0.00669. The van der Waals surface area contributed by atoms with Gasteiger partial charge >= 0.3 is 0 Å². The topological polar surface area (TPSA) is 150 Å². The molecule has 0 bridgehead atoms. The summed E-state index contributed by atoms with van der Waals surface area (Å²) in [6.45, 7) is 0. The number of amides is 2. The standard InChI is InChI=1S/C15H16N6O5S4/c1-20-14(17-18-19-20)28-4-6-3-27-12-9(11(23)21(12)10(6)13(24)25)16-8(22)2-7-5-29-15(26)30-7/h7,9,12H,2-5H2,1H3,(H,16,22)(H,24,25)/p-1. The molecule has 1 N–H and O–H groups in total. The fourth-order valence-electron chi connectivity index (χ4n) is 3.18. The molecule has 0 radical (unpaired) electrons. The van der Waals surface area contributed by atoms with Gasteiger partial charge in [0, 0.05) is 36.0 Å². The zero-order chi connectivity index (χ0) is 21.4. The Bertz CT molecular complexity index is 952. The van der Waals surface area contributed by atoms with Crippen molar-refractivity contribution in [3.8, 4) is 0 Å². The lowest BCUT2D eigenvalue weighted by molar-refractivity contribution is -0.301. The van der Waals surface area contributed by atoms with Crippen molar-refractivity contribution in [2.45, 2.75) is 28.2 Å². The monoisotopic (exact) mass is 487 g/mol. The van der Waals surface area contributed by atoms with Crippen LogP contribution in [0.15, 0.2) is 16.4 Å². The Kier molecular flexibility index (Phi) is 6.31. The normalized spacial score (nSPS) is 25.9. The van der Waals surface area contributed by atoms with Crippen molar-refractivity contribution in [1.82, 2.24) is 30.4 Å². The largest absolute Gasteiger partial charge is 0.543 e. The first-order valence-corrected chi connectivity index (χ1v) is 12.6. The van der Waals surface area contributed by atoms with Crippen molar-refractivity contribution < 1.29 is 24.3 Å². The van der Waals surface area contributed by atoms with Crippen molar-refractivity contribution in [2.75, 3.05) is 17.3 Å². The summed E-state index contributed by atoms with van der Waals surface area (Å²) in [4.78, 5) is 49.2. The van der Waals surface area contributed by atoms with Crippen molar-refractivity contribution in [1.29, 1.82) is 0 Å². The summed E-state index contributed by atoms with van der Waals surface area (Å²) >= 11 is 4.97. The first kappa shape index (κ1) is 21.5. The highest BCUT2D eigenvalue weighted by molar-refractivity contribution is 8.41. The Hall–Kier alpha value is -1.71. The Labute approximate surface area is 187 Å². The number of rotatable bonds is 7. The fraction of sp³-hybridized carbons (Fsp3) is 0.533. The van der Waals surface area contributed by atoms with Crippen LogP contribution in [0.4, 0.5) is 4.79 Å². The third-order valence-electron chi connectivity index (χ3n) is 4.58. The number of hydrogen-bond acceptors (Lipinski definition) is 12. The Morgan fingerprint density at radius 3 is 2.80 bits per heavy atom. The Morgan fingerprint density at radius 2 is 2.17 bits per heavy atom. The number of tetrazole rings is 1. The van der Waals surface area contributed by atoms with Gasteiger partial charge in [0.1, 0.15) is 11.4 Å². The zero-order valence-corrected chi connectivity index (χ0v) is 18.7. The summed E-state index contributed by atoms with van der Waals surface area (Å²) in [5.41, 5.74) is 0.394. The van der Waals surface area contributed by atoms with Gasteiger partial charge in [-0.2, -0.15) is 0 Å².